The maximum atomic E-state index is 12.7. The van der Waals surface area contributed by atoms with Gasteiger partial charge in [0.05, 0.1) is 7.11 Å². The Hall–Kier alpha value is -1.27. The molecule has 0 aliphatic carbocycles. The topological polar surface area (TPSA) is 47.3 Å². The van der Waals surface area contributed by atoms with Gasteiger partial charge in [-0.2, -0.15) is 13.2 Å². The minimum atomic E-state index is -4.43. The average Bonchev–Trinajstić information content (AvgIpc) is 2.21. The number of alkyl halides is 3. The van der Waals surface area contributed by atoms with Crippen molar-refractivity contribution >= 4 is 0 Å². The third-order valence-electron chi connectivity index (χ3n) is 2.59. The molecule has 1 aromatic carbocycles. The molecule has 0 radical (unpaired) electrons. The molecule has 3 N–H and O–H groups in total. The monoisotopic (exact) mass is 248 g/mol. The molecule has 17 heavy (non-hydrogen) atoms. The molecule has 0 aliphatic rings. The Morgan fingerprint density at radius 3 is 2.24 bits per heavy atom. The van der Waals surface area contributed by atoms with Crippen LogP contribution in [0.1, 0.15) is 22.7 Å². The van der Waals surface area contributed by atoms with Gasteiger partial charge in [0.2, 0.25) is 0 Å². The molecule has 1 rings (SSSR count). The molecule has 1 unspecified atom stereocenters. The Morgan fingerprint density at radius 2 is 1.82 bits per heavy atom. The highest BCUT2D eigenvalue weighted by molar-refractivity contribution is 5.43. The summed E-state index contributed by atoms with van der Waals surface area (Å²) in [5.41, 5.74) is 3.02. The molecule has 0 aliphatic heterocycles. The van der Waals surface area contributed by atoms with E-state index in [1.807, 2.05) is 0 Å². The third-order valence-corrected chi connectivity index (χ3v) is 2.59. The number of hydrazine groups is 1. The molecule has 6 heteroatoms. The molecule has 0 fully saturated rings. The number of halogens is 3. The number of hydrogen-bond acceptors (Lipinski definition) is 3. The summed E-state index contributed by atoms with van der Waals surface area (Å²) in [5, 5.41) is 0. The van der Waals surface area contributed by atoms with Crippen LogP contribution in [0.15, 0.2) is 12.1 Å². The number of aryl methyl sites for hydroxylation is 2. The Labute approximate surface area is 97.7 Å². The van der Waals surface area contributed by atoms with Crippen molar-refractivity contribution in [1.82, 2.24) is 5.43 Å². The van der Waals surface area contributed by atoms with Gasteiger partial charge in [-0.25, -0.2) is 5.43 Å². The van der Waals surface area contributed by atoms with Gasteiger partial charge >= 0.3 is 6.18 Å². The van der Waals surface area contributed by atoms with Crippen LogP contribution in [-0.2, 0) is 0 Å². The van der Waals surface area contributed by atoms with E-state index in [-0.39, 0.29) is 5.56 Å². The molecule has 96 valence electrons. The first kappa shape index (κ1) is 13.8. The summed E-state index contributed by atoms with van der Waals surface area (Å²) in [5.74, 6) is 5.54. The van der Waals surface area contributed by atoms with E-state index in [0.717, 1.165) is 0 Å². The molecule has 0 saturated heterocycles. The smallest absolute Gasteiger partial charge is 0.409 e. The average molecular weight is 248 g/mol. The molecule has 0 spiro atoms. The zero-order valence-corrected chi connectivity index (χ0v) is 9.85. The molecule has 0 bridgehead atoms. The van der Waals surface area contributed by atoms with Crippen LogP contribution in [0, 0.1) is 13.8 Å². The first-order valence-electron chi connectivity index (χ1n) is 4.99. The SMILES string of the molecule is COc1cc(C)c(C(NN)C(F)(F)F)cc1C. The van der Waals surface area contributed by atoms with E-state index in [4.69, 9.17) is 10.6 Å². The molecule has 0 heterocycles. The van der Waals surface area contributed by atoms with Crippen LogP contribution in [0.3, 0.4) is 0 Å². The van der Waals surface area contributed by atoms with Crippen LogP contribution < -0.4 is 16.0 Å². The molecule has 1 aromatic rings. The van der Waals surface area contributed by atoms with Gasteiger partial charge in [-0.15, -0.1) is 0 Å². The highest BCUT2D eigenvalue weighted by Crippen LogP contribution is 2.35. The van der Waals surface area contributed by atoms with E-state index in [2.05, 4.69) is 0 Å². The highest BCUT2D eigenvalue weighted by Gasteiger charge is 2.41. The number of nitrogens with two attached hydrogens (primary N) is 1. The van der Waals surface area contributed by atoms with Crippen LogP contribution in [0.4, 0.5) is 13.2 Å². The number of benzene rings is 1. The molecule has 0 saturated carbocycles. The minimum absolute atomic E-state index is 0.110. The van der Waals surface area contributed by atoms with Gasteiger partial charge in [0.15, 0.2) is 0 Å². The standard InChI is InChI=1S/C11H15F3N2O/c1-6-5-9(17-3)7(2)4-8(6)10(16-15)11(12,13)14/h4-5,10,16H,15H2,1-3H3. The molecule has 3 nitrogen and oxygen atoms in total. The highest BCUT2D eigenvalue weighted by atomic mass is 19.4. The predicted octanol–water partition coefficient (Wildman–Crippen LogP) is 2.38. The van der Waals surface area contributed by atoms with E-state index in [9.17, 15) is 13.2 Å². The zero-order valence-electron chi connectivity index (χ0n) is 9.85. The van der Waals surface area contributed by atoms with E-state index in [1.54, 1.807) is 25.3 Å². The van der Waals surface area contributed by atoms with Gasteiger partial charge in [0.25, 0.3) is 0 Å². The zero-order chi connectivity index (χ0) is 13.2. The Kier molecular flexibility index (Phi) is 4.00. The van der Waals surface area contributed by atoms with Gasteiger partial charge < -0.3 is 4.74 Å². The fourth-order valence-corrected chi connectivity index (χ4v) is 1.70. The van der Waals surface area contributed by atoms with E-state index in [0.29, 0.717) is 16.9 Å². The van der Waals surface area contributed by atoms with Crippen LogP contribution in [0.2, 0.25) is 0 Å². The normalized spacial score (nSPS) is 13.6. The van der Waals surface area contributed by atoms with Crippen molar-refractivity contribution in [3.8, 4) is 5.75 Å². The molecular formula is C11H15F3N2O. The Morgan fingerprint density at radius 1 is 1.24 bits per heavy atom. The van der Waals surface area contributed by atoms with Crippen LogP contribution in [-0.4, -0.2) is 13.3 Å². The lowest BCUT2D eigenvalue weighted by Gasteiger charge is -2.22. The number of ether oxygens (including phenoxy) is 1. The van der Waals surface area contributed by atoms with E-state index >= 15 is 0 Å². The number of methoxy groups -OCH3 is 1. The minimum Gasteiger partial charge on any atom is -0.496 e. The lowest BCUT2D eigenvalue weighted by atomic mass is 9.98. The van der Waals surface area contributed by atoms with Gasteiger partial charge in [-0.05, 0) is 36.6 Å². The van der Waals surface area contributed by atoms with Crippen molar-refractivity contribution in [2.45, 2.75) is 26.1 Å². The fraction of sp³-hybridized carbons (Fsp3) is 0.455. The van der Waals surface area contributed by atoms with Crippen LogP contribution >= 0.6 is 0 Å². The van der Waals surface area contributed by atoms with Gasteiger partial charge in [0.1, 0.15) is 11.8 Å². The summed E-state index contributed by atoms with van der Waals surface area (Å²) in [7, 11) is 1.48. The molecular weight excluding hydrogens is 233 g/mol. The first-order chi connectivity index (χ1) is 7.81. The maximum absolute atomic E-state index is 12.7. The quantitative estimate of drug-likeness (QED) is 0.637. The Balaban J connectivity index is 3.26. The Bertz CT molecular complexity index is 404. The summed E-state index contributed by atoms with van der Waals surface area (Å²) in [6.45, 7) is 3.28. The van der Waals surface area contributed by atoms with Gasteiger partial charge in [-0.1, -0.05) is 6.07 Å². The maximum Gasteiger partial charge on any atom is 0.409 e. The van der Waals surface area contributed by atoms with Crippen molar-refractivity contribution in [3.63, 3.8) is 0 Å². The van der Waals surface area contributed by atoms with Gasteiger partial charge in [0, 0.05) is 0 Å². The van der Waals surface area contributed by atoms with Crippen molar-refractivity contribution in [2.24, 2.45) is 5.84 Å². The van der Waals surface area contributed by atoms with Crippen molar-refractivity contribution in [2.75, 3.05) is 7.11 Å². The van der Waals surface area contributed by atoms with Crippen LogP contribution in [0.5, 0.6) is 5.75 Å². The van der Waals surface area contributed by atoms with E-state index in [1.165, 1.54) is 13.2 Å². The van der Waals surface area contributed by atoms with Crippen molar-refractivity contribution in [3.05, 3.63) is 28.8 Å². The van der Waals surface area contributed by atoms with Crippen molar-refractivity contribution < 1.29 is 17.9 Å². The first-order valence-corrected chi connectivity index (χ1v) is 4.99. The second kappa shape index (κ2) is 4.93. The number of hydrogen-bond donors (Lipinski definition) is 2. The lowest BCUT2D eigenvalue weighted by Crippen LogP contribution is -2.38. The number of rotatable bonds is 3. The lowest BCUT2D eigenvalue weighted by molar-refractivity contribution is -0.158. The van der Waals surface area contributed by atoms with Crippen LogP contribution in [0.25, 0.3) is 0 Å². The van der Waals surface area contributed by atoms with E-state index < -0.39 is 12.2 Å². The second-order valence-electron chi connectivity index (χ2n) is 3.82. The summed E-state index contributed by atoms with van der Waals surface area (Å²) >= 11 is 0. The summed E-state index contributed by atoms with van der Waals surface area (Å²) in [4.78, 5) is 0. The largest absolute Gasteiger partial charge is 0.496 e. The fourth-order valence-electron chi connectivity index (χ4n) is 1.70. The number of nitrogens with one attached hydrogen (secondary N) is 1. The molecule has 1 atom stereocenters. The predicted molar refractivity (Wildman–Crippen MR) is 58.6 cm³/mol. The summed E-state index contributed by atoms with van der Waals surface area (Å²) in [6.07, 6.45) is -4.43. The summed E-state index contributed by atoms with van der Waals surface area (Å²) in [6, 6.07) is 1.14. The third kappa shape index (κ3) is 2.89. The second-order valence-corrected chi connectivity index (χ2v) is 3.82. The molecule has 0 aromatic heterocycles. The van der Waals surface area contributed by atoms with Crippen molar-refractivity contribution in [1.29, 1.82) is 0 Å². The summed E-state index contributed by atoms with van der Waals surface area (Å²) < 4.78 is 43.2. The molecule has 0 amide bonds. The van der Waals surface area contributed by atoms with Gasteiger partial charge in [-0.3, -0.25) is 5.84 Å².